The quantitative estimate of drug-likeness (QED) is 0.927. The number of alkyl halides is 3. The van der Waals surface area contributed by atoms with Crippen molar-refractivity contribution in [2.75, 3.05) is 19.8 Å². The van der Waals surface area contributed by atoms with E-state index in [1.807, 2.05) is 0 Å². The van der Waals surface area contributed by atoms with Crippen LogP contribution in [0, 0.1) is 0 Å². The smallest absolute Gasteiger partial charge is 0.381 e. The molecule has 6 heteroatoms. The van der Waals surface area contributed by atoms with Crippen LogP contribution in [0.1, 0.15) is 30.0 Å². The molecule has 0 amide bonds. The second kappa shape index (κ2) is 6.56. The van der Waals surface area contributed by atoms with E-state index in [0.717, 1.165) is 25.0 Å². The van der Waals surface area contributed by atoms with Crippen LogP contribution in [-0.2, 0) is 15.7 Å². The lowest BCUT2D eigenvalue weighted by Gasteiger charge is -2.24. The molecule has 0 aliphatic carbocycles. The van der Waals surface area contributed by atoms with Gasteiger partial charge in [0.1, 0.15) is 0 Å². The van der Waals surface area contributed by atoms with Crippen molar-refractivity contribution in [3.63, 3.8) is 0 Å². The molecule has 2 N–H and O–H groups in total. The van der Waals surface area contributed by atoms with Crippen LogP contribution in [0.5, 0.6) is 0 Å². The molecule has 0 bridgehead atoms. The molecule has 112 valence electrons. The topological polar surface area (TPSA) is 44.5 Å². The van der Waals surface area contributed by atoms with Crippen LogP contribution >= 0.6 is 0 Å². The molecule has 20 heavy (non-hydrogen) atoms. The molecule has 1 unspecified atom stereocenters. The van der Waals surface area contributed by atoms with Gasteiger partial charge in [-0.3, -0.25) is 0 Å². The summed E-state index contributed by atoms with van der Waals surface area (Å²) in [6.45, 7) is 1.53. The Labute approximate surface area is 115 Å². The van der Waals surface area contributed by atoms with E-state index in [1.165, 1.54) is 6.07 Å². The highest BCUT2D eigenvalue weighted by atomic mass is 19.4. The highest BCUT2D eigenvalue weighted by Gasteiger charge is 2.30. The summed E-state index contributed by atoms with van der Waals surface area (Å²) >= 11 is 0. The van der Waals surface area contributed by atoms with E-state index in [4.69, 9.17) is 15.2 Å². The van der Waals surface area contributed by atoms with Gasteiger partial charge in [0.05, 0.1) is 24.3 Å². The van der Waals surface area contributed by atoms with Gasteiger partial charge in [-0.1, -0.05) is 12.1 Å². The maximum absolute atomic E-state index is 12.6. The molecule has 2 rings (SSSR count). The first-order chi connectivity index (χ1) is 9.47. The molecule has 1 aromatic carbocycles. The Kier molecular flexibility index (Phi) is 5.01. The van der Waals surface area contributed by atoms with Gasteiger partial charge in [0.2, 0.25) is 0 Å². The fourth-order valence-electron chi connectivity index (χ4n) is 2.12. The molecular formula is C14H18F3NO2. The number of hydrogen-bond donors (Lipinski definition) is 1. The van der Waals surface area contributed by atoms with Gasteiger partial charge in [-0.05, 0) is 30.5 Å². The second-order valence-electron chi connectivity index (χ2n) is 4.87. The van der Waals surface area contributed by atoms with E-state index in [1.54, 1.807) is 6.07 Å². The average Bonchev–Trinajstić information content (AvgIpc) is 2.45. The minimum atomic E-state index is -4.35. The molecule has 1 aliphatic rings. The Hall–Kier alpha value is -1.11. The van der Waals surface area contributed by atoms with Crippen molar-refractivity contribution in [2.24, 2.45) is 5.73 Å². The Bertz CT molecular complexity index is 431. The Morgan fingerprint density at radius 1 is 1.30 bits per heavy atom. The highest BCUT2D eigenvalue weighted by Crippen LogP contribution is 2.30. The normalized spacial score (nSPS) is 19.0. The van der Waals surface area contributed by atoms with Gasteiger partial charge in [0, 0.05) is 13.2 Å². The molecule has 0 spiro atoms. The van der Waals surface area contributed by atoms with Gasteiger partial charge in [-0.2, -0.15) is 13.2 Å². The molecule has 1 heterocycles. The van der Waals surface area contributed by atoms with Gasteiger partial charge < -0.3 is 15.2 Å². The number of ether oxygens (including phenoxy) is 2. The van der Waals surface area contributed by atoms with E-state index in [-0.39, 0.29) is 12.7 Å². The Balaban J connectivity index is 1.93. The van der Waals surface area contributed by atoms with Crippen LogP contribution < -0.4 is 5.73 Å². The van der Waals surface area contributed by atoms with Gasteiger partial charge in [0.15, 0.2) is 0 Å². The zero-order valence-corrected chi connectivity index (χ0v) is 11.0. The van der Waals surface area contributed by atoms with Gasteiger partial charge >= 0.3 is 6.18 Å². The van der Waals surface area contributed by atoms with Gasteiger partial charge in [-0.15, -0.1) is 0 Å². The summed E-state index contributed by atoms with van der Waals surface area (Å²) in [5.74, 6) is 0. The molecule has 1 atom stereocenters. The number of hydrogen-bond acceptors (Lipinski definition) is 3. The monoisotopic (exact) mass is 289 g/mol. The average molecular weight is 289 g/mol. The minimum Gasteiger partial charge on any atom is -0.381 e. The van der Waals surface area contributed by atoms with E-state index in [9.17, 15) is 13.2 Å². The van der Waals surface area contributed by atoms with E-state index < -0.39 is 17.8 Å². The fraction of sp³-hybridized carbons (Fsp3) is 0.571. The predicted octanol–water partition coefficient (Wildman–Crippen LogP) is 2.90. The summed E-state index contributed by atoms with van der Waals surface area (Å²) in [6, 6.07) is 4.52. The molecular weight excluding hydrogens is 271 g/mol. The third kappa shape index (κ3) is 4.19. The zero-order chi connectivity index (χ0) is 14.6. The number of halogens is 3. The van der Waals surface area contributed by atoms with Crippen LogP contribution in [0.15, 0.2) is 24.3 Å². The van der Waals surface area contributed by atoms with Crippen LogP contribution in [0.4, 0.5) is 13.2 Å². The molecule has 3 nitrogen and oxygen atoms in total. The molecule has 0 aromatic heterocycles. The number of rotatable bonds is 4. The molecule has 1 fully saturated rings. The van der Waals surface area contributed by atoms with Crippen LogP contribution in [-0.4, -0.2) is 25.9 Å². The van der Waals surface area contributed by atoms with Crippen molar-refractivity contribution in [3.8, 4) is 0 Å². The summed E-state index contributed by atoms with van der Waals surface area (Å²) in [5.41, 5.74) is 5.65. The summed E-state index contributed by atoms with van der Waals surface area (Å²) < 4.78 is 48.7. The van der Waals surface area contributed by atoms with Crippen molar-refractivity contribution in [3.05, 3.63) is 35.4 Å². The SMILES string of the molecule is NC(COC1CCOCC1)c1cccc(C(F)(F)F)c1. The second-order valence-corrected chi connectivity index (χ2v) is 4.87. The fourth-order valence-corrected chi connectivity index (χ4v) is 2.12. The maximum atomic E-state index is 12.6. The first kappa shape index (κ1) is 15.3. The third-order valence-corrected chi connectivity index (χ3v) is 3.32. The minimum absolute atomic E-state index is 0.0839. The van der Waals surface area contributed by atoms with Crippen molar-refractivity contribution < 1.29 is 22.6 Å². The van der Waals surface area contributed by atoms with Crippen LogP contribution in [0.2, 0.25) is 0 Å². The zero-order valence-electron chi connectivity index (χ0n) is 11.0. The van der Waals surface area contributed by atoms with Crippen LogP contribution in [0.3, 0.4) is 0 Å². The Morgan fingerprint density at radius 2 is 2.00 bits per heavy atom. The van der Waals surface area contributed by atoms with Crippen molar-refractivity contribution in [1.82, 2.24) is 0 Å². The van der Waals surface area contributed by atoms with E-state index in [0.29, 0.717) is 18.8 Å². The predicted molar refractivity (Wildman–Crippen MR) is 68.2 cm³/mol. The lowest BCUT2D eigenvalue weighted by Crippen LogP contribution is -2.27. The summed E-state index contributed by atoms with van der Waals surface area (Å²) in [7, 11) is 0. The first-order valence-corrected chi connectivity index (χ1v) is 6.59. The number of nitrogens with two attached hydrogens (primary N) is 1. The maximum Gasteiger partial charge on any atom is 0.416 e. The van der Waals surface area contributed by atoms with E-state index in [2.05, 4.69) is 0 Å². The molecule has 1 aliphatic heterocycles. The van der Waals surface area contributed by atoms with Crippen molar-refractivity contribution >= 4 is 0 Å². The molecule has 1 aromatic rings. The van der Waals surface area contributed by atoms with Gasteiger partial charge in [0.25, 0.3) is 0 Å². The lowest BCUT2D eigenvalue weighted by molar-refractivity contribution is -0.137. The van der Waals surface area contributed by atoms with Crippen LogP contribution in [0.25, 0.3) is 0 Å². The highest BCUT2D eigenvalue weighted by molar-refractivity contribution is 5.27. The molecule has 0 radical (unpaired) electrons. The summed E-state index contributed by atoms with van der Waals surface area (Å²) in [4.78, 5) is 0. The Morgan fingerprint density at radius 3 is 2.65 bits per heavy atom. The third-order valence-electron chi connectivity index (χ3n) is 3.32. The van der Waals surface area contributed by atoms with Crippen molar-refractivity contribution in [1.29, 1.82) is 0 Å². The standard InChI is InChI=1S/C14H18F3NO2/c15-14(16,17)11-3-1-2-10(8-11)13(18)9-20-12-4-6-19-7-5-12/h1-3,8,12-13H,4-7,9,18H2. The lowest BCUT2D eigenvalue weighted by atomic mass is 10.0. The van der Waals surface area contributed by atoms with Gasteiger partial charge in [-0.25, -0.2) is 0 Å². The molecule has 1 saturated heterocycles. The summed E-state index contributed by atoms with van der Waals surface area (Å²) in [5, 5.41) is 0. The number of benzene rings is 1. The largest absolute Gasteiger partial charge is 0.416 e. The van der Waals surface area contributed by atoms with E-state index >= 15 is 0 Å². The van der Waals surface area contributed by atoms with Crippen molar-refractivity contribution in [2.45, 2.75) is 31.2 Å². The molecule has 0 saturated carbocycles. The first-order valence-electron chi connectivity index (χ1n) is 6.59. The summed E-state index contributed by atoms with van der Waals surface area (Å²) in [6.07, 6.45) is -2.66.